The van der Waals surface area contributed by atoms with Crippen LogP contribution in [0, 0.1) is 0 Å². The van der Waals surface area contributed by atoms with E-state index in [1.807, 2.05) is 0 Å². The number of esters is 1. The van der Waals surface area contributed by atoms with Crippen molar-refractivity contribution in [1.29, 1.82) is 0 Å². The van der Waals surface area contributed by atoms with Crippen LogP contribution < -0.4 is 0 Å². The largest absolute Gasteiger partial charge is 0.461 e. The number of carbonyl (C=O) groups excluding carboxylic acids is 2. The van der Waals surface area contributed by atoms with Gasteiger partial charge in [0, 0.05) is 16.3 Å². The molecular formula is C21H19ClF3NO3S. The van der Waals surface area contributed by atoms with E-state index in [9.17, 15) is 22.8 Å². The minimum atomic E-state index is -4.58. The lowest BCUT2D eigenvalue weighted by Gasteiger charge is -2.29. The number of ether oxygens (including phenoxy) is 1. The summed E-state index contributed by atoms with van der Waals surface area (Å²) in [5.74, 6) is -1.02. The zero-order valence-corrected chi connectivity index (χ0v) is 17.7. The lowest BCUT2D eigenvalue weighted by molar-refractivity contribution is -0.152. The highest BCUT2D eigenvalue weighted by Gasteiger charge is 2.44. The monoisotopic (exact) mass is 457 g/mol. The fourth-order valence-electron chi connectivity index (χ4n) is 3.14. The van der Waals surface area contributed by atoms with Crippen molar-refractivity contribution in [2.75, 3.05) is 5.75 Å². The fraction of sp³-hybridized carbons (Fsp3) is 0.333. The number of amides is 1. The predicted molar refractivity (Wildman–Crippen MR) is 109 cm³/mol. The highest BCUT2D eigenvalue weighted by atomic mass is 35.5. The summed E-state index contributed by atoms with van der Waals surface area (Å²) < 4.78 is 44.7. The number of hydrogen-bond donors (Lipinski definition) is 0. The molecule has 160 valence electrons. The van der Waals surface area contributed by atoms with Gasteiger partial charge in [-0.25, -0.2) is 4.79 Å². The highest BCUT2D eigenvalue weighted by Crippen LogP contribution is 2.43. The average Bonchev–Trinajstić information content (AvgIpc) is 3.11. The summed E-state index contributed by atoms with van der Waals surface area (Å²) in [7, 11) is 0. The summed E-state index contributed by atoms with van der Waals surface area (Å²) in [6.45, 7) is 3.38. The molecule has 2 unspecified atom stereocenters. The molecule has 0 N–H and O–H groups in total. The van der Waals surface area contributed by atoms with Crippen molar-refractivity contribution in [3.8, 4) is 0 Å². The second-order valence-corrected chi connectivity index (χ2v) is 8.58. The Hall–Kier alpha value is -2.19. The van der Waals surface area contributed by atoms with Crippen LogP contribution in [-0.2, 0) is 15.7 Å². The summed E-state index contributed by atoms with van der Waals surface area (Å²) in [5, 5.41) is -0.136. The zero-order chi connectivity index (χ0) is 22.1. The lowest BCUT2D eigenvalue weighted by Crippen LogP contribution is -2.44. The third-order valence-electron chi connectivity index (χ3n) is 4.43. The second-order valence-electron chi connectivity index (χ2n) is 7.03. The van der Waals surface area contributed by atoms with E-state index in [1.54, 1.807) is 38.1 Å². The van der Waals surface area contributed by atoms with E-state index in [1.165, 1.54) is 28.8 Å². The number of rotatable bonds is 4. The number of hydrogen-bond acceptors (Lipinski definition) is 4. The van der Waals surface area contributed by atoms with E-state index in [-0.39, 0.29) is 11.3 Å². The summed E-state index contributed by atoms with van der Waals surface area (Å²) in [6, 6.07) is 10.1. The minimum Gasteiger partial charge on any atom is -0.461 e. The van der Waals surface area contributed by atoms with Gasteiger partial charge in [-0.2, -0.15) is 13.2 Å². The maximum atomic E-state index is 13.3. The van der Waals surface area contributed by atoms with Crippen molar-refractivity contribution in [1.82, 2.24) is 4.90 Å². The summed E-state index contributed by atoms with van der Waals surface area (Å²) >= 11 is 7.41. The van der Waals surface area contributed by atoms with Gasteiger partial charge in [0.2, 0.25) is 0 Å². The third kappa shape index (κ3) is 4.92. The molecule has 1 aliphatic rings. The second kappa shape index (κ2) is 8.89. The van der Waals surface area contributed by atoms with E-state index in [0.717, 1.165) is 12.1 Å². The van der Waals surface area contributed by atoms with Crippen LogP contribution in [0.3, 0.4) is 0 Å². The maximum Gasteiger partial charge on any atom is 0.416 e. The van der Waals surface area contributed by atoms with Crippen LogP contribution in [0.15, 0.2) is 48.5 Å². The van der Waals surface area contributed by atoms with Gasteiger partial charge in [-0.1, -0.05) is 29.8 Å². The Morgan fingerprint density at radius 1 is 1.17 bits per heavy atom. The molecule has 2 aromatic carbocycles. The number of benzene rings is 2. The first-order valence-electron chi connectivity index (χ1n) is 9.15. The molecule has 0 radical (unpaired) electrons. The molecule has 0 bridgehead atoms. The quantitative estimate of drug-likeness (QED) is 0.563. The first-order valence-corrected chi connectivity index (χ1v) is 10.6. The van der Waals surface area contributed by atoms with Crippen molar-refractivity contribution in [2.45, 2.75) is 37.5 Å². The molecule has 1 heterocycles. The molecule has 1 fully saturated rings. The molecule has 1 amide bonds. The molecule has 1 saturated heterocycles. The molecule has 0 spiro atoms. The van der Waals surface area contributed by atoms with Crippen LogP contribution in [-0.4, -0.2) is 34.7 Å². The Balaban J connectivity index is 2.01. The minimum absolute atomic E-state index is 0.151. The molecule has 0 saturated carbocycles. The average molecular weight is 458 g/mol. The van der Waals surface area contributed by atoms with Crippen LogP contribution in [0.25, 0.3) is 0 Å². The van der Waals surface area contributed by atoms with Crippen LogP contribution in [0.4, 0.5) is 13.2 Å². The van der Waals surface area contributed by atoms with Gasteiger partial charge in [-0.15, -0.1) is 11.8 Å². The van der Waals surface area contributed by atoms with Crippen molar-refractivity contribution < 1.29 is 27.5 Å². The molecule has 0 aromatic heterocycles. The Morgan fingerprint density at radius 3 is 2.50 bits per heavy atom. The lowest BCUT2D eigenvalue weighted by atomic mass is 10.1. The first kappa shape index (κ1) is 22.5. The summed E-state index contributed by atoms with van der Waals surface area (Å²) in [4.78, 5) is 27.2. The predicted octanol–water partition coefficient (Wildman–Crippen LogP) is 5.57. The van der Waals surface area contributed by atoms with Crippen LogP contribution in [0.5, 0.6) is 0 Å². The van der Waals surface area contributed by atoms with Gasteiger partial charge < -0.3 is 9.64 Å². The zero-order valence-electron chi connectivity index (χ0n) is 16.2. The number of nitrogens with zero attached hydrogens (tertiary/aromatic N) is 1. The number of alkyl halides is 3. The molecule has 2 atom stereocenters. The topological polar surface area (TPSA) is 46.6 Å². The molecule has 2 aromatic rings. The molecule has 30 heavy (non-hydrogen) atoms. The molecular weight excluding hydrogens is 439 g/mol. The van der Waals surface area contributed by atoms with Gasteiger partial charge in [-0.3, -0.25) is 4.79 Å². The van der Waals surface area contributed by atoms with E-state index >= 15 is 0 Å². The van der Waals surface area contributed by atoms with Gasteiger partial charge in [0.15, 0.2) is 0 Å². The number of carbonyl (C=O) groups is 2. The maximum absolute atomic E-state index is 13.3. The SMILES string of the molecule is CC(C)OC(=O)C1CSC(c2cccc(Cl)c2)N1C(=O)c1cccc(C(F)(F)F)c1. The van der Waals surface area contributed by atoms with E-state index in [2.05, 4.69) is 0 Å². The Morgan fingerprint density at radius 2 is 1.87 bits per heavy atom. The number of thioether (sulfide) groups is 1. The van der Waals surface area contributed by atoms with Gasteiger partial charge in [-0.05, 0) is 49.7 Å². The van der Waals surface area contributed by atoms with E-state index < -0.39 is 41.1 Å². The van der Waals surface area contributed by atoms with Gasteiger partial charge >= 0.3 is 12.1 Å². The van der Waals surface area contributed by atoms with E-state index in [0.29, 0.717) is 10.6 Å². The van der Waals surface area contributed by atoms with Crippen LogP contribution in [0.1, 0.15) is 40.7 Å². The normalized spacial score (nSPS) is 19.2. The Kier molecular flexibility index (Phi) is 6.67. The van der Waals surface area contributed by atoms with Crippen LogP contribution >= 0.6 is 23.4 Å². The molecule has 9 heteroatoms. The molecule has 3 rings (SSSR count). The summed E-state index contributed by atoms with van der Waals surface area (Å²) in [5.41, 5.74) is -0.407. The van der Waals surface area contributed by atoms with Gasteiger partial charge in [0.25, 0.3) is 5.91 Å². The highest BCUT2D eigenvalue weighted by molar-refractivity contribution is 7.99. The molecule has 0 aliphatic carbocycles. The smallest absolute Gasteiger partial charge is 0.416 e. The van der Waals surface area contributed by atoms with E-state index in [4.69, 9.17) is 16.3 Å². The number of halogens is 4. The third-order valence-corrected chi connectivity index (χ3v) is 5.99. The van der Waals surface area contributed by atoms with Crippen molar-refractivity contribution in [3.05, 3.63) is 70.2 Å². The molecule has 1 aliphatic heterocycles. The molecule has 4 nitrogen and oxygen atoms in total. The first-order chi connectivity index (χ1) is 14.1. The standard InChI is InChI=1S/C21H19ClF3NO3S/c1-12(2)29-20(28)17-11-30-19(14-6-4-8-16(22)10-14)26(17)18(27)13-5-3-7-15(9-13)21(23,24)25/h3-10,12,17,19H,11H2,1-2H3. The van der Waals surface area contributed by atoms with Crippen molar-refractivity contribution in [2.24, 2.45) is 0 Å². The van der Waals surface area contributed by atoms with Crippen LogP contribution in [0.2, 0.25) is 5.02 Å². The fourth-order valence-corrected chi connectivity index (χ4v) is 4.74. The summed E-state index contributed by atoms with van der Waals surface area (Å²) in [6.07, 6.45) is -4.98. The van der Waals surface area contributed by atoms with Crippen molar-refractivity contribution in [3.63, 3.8) is 0 Å². The van der Waals surface area contributed by atoms with Crippen molar-refractivity contribution >= 4 is 35.2 Å². The van der Waals surface area contributed by atoms with Gasteiger partial charge in [0.1, 0.15) is 11.4 Å². The Labute approximate surface area is 181 Å². The Bertz CT molecular complexity index is 951. The van der Waals surface area contributed by atoms with Gasteiger partial charge in [0.05, 0.1) is 11.7 Å².